The van der Waals surface area contributed by atoms with E-state index in [1.807, 2.05) is 0 Å². The van der Waals surface area contributed by atoms with Crippen LogP contribution < -0.4 is 15.4 Å². The zero-order valence-electron chi connectivity index (χ0n) is 14.0. The topological polar surface area (TPSA) is 82.6 Å². The average Bonchev–Trinajstić information content (AvgIpc) is 2.54. The van der Waals surface area contributed by atoms with Crippen LogP contribution in [0, 0.1) is 5.82 Å². The number of aliphatic imine (C=N–C) groups is 1. The molecule has 0 saturated heterocycles. The predicted octanol–water partition coefficient (Wildman–Crippen LogP) is 1.48. The highest BCUT2D eigenvalue weighted by molar-refractivity contribution is 14.0. The molecule has 0 heterocycles. The van der Waals surface area contributed by atoms with Crippen LogP contribution in [-0.2, 0) is 16.4 Å². The van der Waals surface area contributed by atoms with Gasteiger partial charge in [0.05, 0.1) is 5.75 Å². The molecule has 6 nitrogen and oxygen atoms in total. The summed E-state index contributed by atoms with van der Waals surface area (Å²) >= 11 is 0. The number of nitrogens with zero attached hydrogens (tertiary/aromatic N) is 1. The summed E-state index contributed by atoms with van der Waals surface area (Å²) in [7, 11) is -1.45. The van der Waals surface area contributed by atoms with Crippen molar-refractivity contribution in [2.45, 2.75) is 19.8 Å². The van der Waals surface area contributed by atoms with Gasteiger partial charge in [-0.2, -0.15) is 0 Å². The van der Waals surface area contributed by atoms with Crippen molar-refractivity contribution in [3.63, 3.8) is 0 Å². The summed E-state index contributed by atoms with van der Waals surface area (Å²) in [4.78, 5) is 4.09. The molecule has 1 aromatic carbocycles. The van der Waals surface area contributed by atoms with Crippen molar-refractivity contribution in [3.8, 4) is 0 Å². The second kappa shape index (κ2) is 12.4. The lowest BCUT2D eigenvalue weighted by Crippen LogP contribution is -2.39. The number of guanidine groups is 1. The summed E-state index contributed by atoms with van der Waals surface area (Å²) in [6, 6.07) is 6.40. The van der Waals surface area contributed by atoms with Crippen LogP contribution in [0.3, 0.4) is 0 Å². The first-order valence-electron chi connectivity index (χ1n) is 7.63. The highest BCUT2D eigenvalue weighted by atomic mass is 127. The molecule has 0 spiro atoms. The Hall–Kier alpha value is -0.940. The van der Waals surface area contributed by atoms with E-state index in [9.17, 15) is 12.8 Å². The molecule has 0 unspecified atom stereocenters. The second-order valence-corrected chi connectivity index (χ2v) is 7.05. The highest BCUT2D eigenvalue weighted by Gasteiger charge is 2.04. The van der Waals surface area contributed by atoms with E-state index in [-0.39, 0.29) is 35.5 Å². The predicted molar refractivity (Wildman–Crippen MR) is 107 cm³/mol. The molecular weight excluding hydrogens is 446 g/mol. The Morgan fingerprint density at radius 3 is 2.33 bits per heavy atom. The maximum absolute atomic E-state index is 12.8. The minimum Gasteiger partial charge on any atom is -0.356 e. The number of sulfonamides is 1. The van der Waals surface area contributed by atoms with Crippen molar-refractivity contribution in [2.75, 3.05) is 32.4 Å². The summed E-state index contributed by atoms with van der Waals surface area (Å²) in [6.07, 6.45) is 1.43. The molecule has 0 aliphatic rings. The maximum atomic E-state index is 12.8. The van der Waals surface area contributed by atoms with Crippen molar-refractivity contribution in [2.24, 2.45) is 4.99 Å². The number of benzene rings is 1. The minimum atomic E-state index is -3.12. The van der Waals surface area contributed by atoms with Crippen molar-refractivity contribution in [3.05, 3.63) is 35.6 Å². The molecule has 0 aliphatic heterocycles. The second-order valence-electron chi connectivity index (χ2n) is 4.95. The fraction of sp³-hybridized carbons (Fsp3) is 0.533. The largest absolute Gasteiger partial charge is 0.356 e. The summed E-state index contributed by atoms with van der Waals surface area (Å²) in [5.41, 5.74) is 1.04. The van der Waals surface area contributed by atoms with Crippen LogP contribution in [0.5, 0.6) is 0 Å². The van der Waals surface area contributed by atoms with E-state index < -0.39 is 10.0 Å². The van der Waals surface area contributed by atoms with E-state index in [2.05, 4.69) is 20.3 Å². The van der Waals surface area contributed by atoms with Crippen LogP contribution in [0.25, 0.3) is 0 Å². The van der Waals surface area contributed by atoms with Crippen molar-refractivity contribution in [1.82, 2.24) is 15.4 Å². The molecule has 3 N–H and O–H groups in total. The smallest absolute Gasteiger partial charge is 0.211 e. The van der Waals surface area contributed by atoms with Gasteiger partial charge < -0.3 is 10.6 Å². The van der Waals surface area contributed by atoms with Gasteiger partial charge in [0.2, 0.25) is 10.0 Å². The number of rotatable bonds is 9. The van der Waals surface area contributed by atoms with E-state index >= 15 is 0 Å². The fourth-order valence-electron chi connectivity index (χ4n) is 1.82. The molecule has 0 fully saturated rings. The Bertz CT molecular complexity index is 594. The van der Waals surface area contributed by atoms with Gasteiger partial charge in [-0.3, -0.25) is 4.99 Å². The Balaban J connectivity index is 0.00000529. The molecule has 0 radical (unpaired) electrons. The van der Waals surface area contributed by atoms with Crippen LogP contribution in [0.1, 0.15) is 18.9 Å². The van der Waals surface area contributed by atoms with E-state index in [0.29, 0.717) is 32.0 Å². The molecular formula is C15H26FIN4O2S. The van der Waals surface area contributed by atoms with Crippen LogP contribution in [0.4, 0.5) is 4.39 Å². The Morgan fingerprint density at radius 1 is 1.12 bits per heavy atom. The maximum Gasteiger partial charge on any atom is 0.211 e. The summed E-state index contributed by atoms with van der Waals surface area (Å²) in [5, 5.41) is 6.27. The Kier molecular flexibility index (Phi) is 11.9. The number of nitrogens with one attached hydrogen (secondary N) is 3. The van der Waals surface area contributed by atoms with E-state index in [1.54, 1.807) is 26.1 Å². The average molecular weight is 472 g/mol. The van der Waals surface area contributed by atoms with Crippen LogP contribution in [0.2, 0.25) is 0 Å². The first-order chi connectivity index (χ1) is 11.0. The van der Waals surface area contributed by atoms with Crippen molar-refractivity contribution in [1.29, 1.82) is 0 Å². The lowest BCUT2D eigenvalue weighted by molar-refractivity contribution is 0.579. The molecule has 0 saturated carbocycles. The molecule has 0 atom stereocenters. The third-order valence-electron chi connectivity index (χ3n) is 3.19. The van der Waals surface area contributed by atoms with Gasteiger partial charge in [-0.1, -0.05) is 12.1 Å². The molecule has 9 heteroatoms. The molecule has 0 bridgehead atoms. The monoisotopic (exact) mass is 472 g/mol. The van der Waals surface area contributed by atoms with E-state index in [4.69, 9.17) is 0 Å². The lowest BCUT2D eigenvalue weighted by atomic mass is 10.1. The molecule has 138 valence electrons. The van der Waals surface area contributed by atoms with Gasteiger partial charge in [0.15, 0.2) is 5.96 Å². The van der Waals surface area contributed by atoms with Gasteiger partial charge in [0, 0.05) is 26.7 Å². The third-order valence-corrected chi connectivity index (χ3v) is 4.60. The number of halogens is 2. The van der Waals surface area contributed by atoms with Gasteiger partial charge >= 0.3 is 0 Å². The quantitative estimate of drug-likeness (QED) is 0.220. The standard InChI is InChI=1S/C15H25FN4O2S.HI/c1-3-23(21,22)20-11-4-10-18-15(17-2)19-12-9-13-5-7-14(16)8-6-13;/h5-8,20H,3-4,9-12H2,1-2H3,(H2,17,18,19);1H. The molecule has 1 rings (SSSR count). The summed E-state index contributed by atoms with van der Waals surface area (Å²) < 4.78 is 37.8. The van der Waals surface area contributed by atoms with E-state index in [0.717, 1.165) is 12.0 Å². The zero-order valence-corrected chi connectivity index (χ0v) is 17.2. The Morgan fingerprint density at radius 2 is 1.75 bits per heavy atom. The zero-order chi connectivity index (χ0) is 17.1. The van der Waals surface area contributed by atoms with Gasteiger partial charge in [0.1, 0.15) is 5.82 Å². The summed E-state index contributed by atoms with van der Waals surface area (Å²) in [5.74, 6) is 0.510. The first-order valence-corrected chi connectivity index (χ1v) is 9.28. The lowest BCUT2D eigenvalue weighted by Gasteiger charge is -2.12. The minimum absolute atomic E-state index is 0. The van der Waals surface area contributed by atoms with E-state index in [1.165, 1.54) is 12.1 Å². The molecule has 0 amide bonds. The molecule has 0 aromatic heterocycles. The number of hydrogen-bond acceptors (Lipinski definition) is 3. The Labute approximate surface area is 160 Å². The summed E-state index contributed by atoms with van der Waals surface area (Å²) in [6.45, 7) is 3.29. The fourth-order valence-corrected chi connectivity index (χ4v) is 2.48. The van der Waals surface area contributed by atoms with Gasteiger partial charge in [-0.25, -0.2) is 17.5 Å². The van der Waals surface area contributed by atoms with Crippen LogP contribution >= 0.6 is 24.0 Å². The molecule has 1 aromatic rings. The molecule has 24 heavy (non-hydrogen) atoms. The highest BCUT2D eigenvalue weighted by Crippen LogP contribution is 2.02. The normalized spacial score (nSPS) is 11.7. The molecule has 0 aliphatic carbocycles. The van der Waals surface area contributed by atoms with Gasteiger partial charge in [-0.15, -0.1) is 24.0 Å². The first kappa shape index (κ1) is 23.1. The van der Waals surface area contributed by atoms with Gasteiger partial charge in [-0.05, 0) is 37.5 Å². The van der Waals surface area contributed by atoms with Crippen molar-refractivity contribution < 1.29 is 12.8 Å². The third kappa shape index (κ3) is 10.0. The van der Waals surface area contributed by atoms with Crippen LogP contribution in [-0.4, -0.2) is 46.8 Å². The SMILES string of the molecule is CCS(=O)(=O)NCCCNC(=NC)NCCc1ccc(F)cc1.I. The van der Waals surface area contributed by atoms with Crippen LogP contribution in [0.15, 0.2) is 29.3 Å². The van der Waals surface area contributed by atoms with Gasteiger partial charge in [0.25, 0.3) is 0 Å². The number of hydrogen-bond donors (Lipinski definition) is 3. The van der Waals surface area contributed by atoms with Crippen molar-refractivity contribution >= 4 is 40.0 Å².